The van der Waals surface area contributed by atoms with Crippen molar-refractivity contribution in [3.63, 3.8) is 0 Å². The van der Waals surface area contributed by atoms with Crippen LogP contribution in [0.4, 0.5) is 23.4 Å². The molecule has 49 heavy (non-hydrogen) atoms. The summed E-state index contributed by atoms with van der Waals surface area (Å²) in [6.45, 7) is 2.40. The van der Waals surface area contributed by atoms with Gasteiger partial charge >= 0.3 is 6.01 Å². The summed E-state index contributed by atoms with van der Waals surface area (Å²) in [5.41, 5.74) is -1.82. The van der Waals surface area contributed by atoms with Crippen molar-refractivity contribution in [1.29, 1.82) is 0 Å². The minimum atomic E-state index is -1.10. The summed E-state index contributed by atoms with van der Waals surface area (Å²) >= 11 is 0. The first-order valence-corrected chi connectivity index (χ1v) is 16.4. The number of hydrogen-bond donors (Lipinski definition) is 1. The van der Waals surface area contributed by atoms with Gasteiger partial charge in [0, 0.05) is 49.1 Å². The lowest BCUT2D eigenvalue weighted by Gasteiger charge is -2.35. The molecule has 4 aliphatic heterocycles. The SMILES string of the molecule is C#Cc1c(F)ccc2cc(OC=O)cc(-c3c(F)c(OC)c4c(N5C[C@H]6CC[C@@H](C5)N6)nc(OC[C@@]56CCCN5C[C@H](F)C6)nc4c3F)c12. The van der Waals surface area contributed by atoms with Gasteiger partial charge < -0.3 is 24.4 Å². The molecule has 3 aromatic carbocycles. The molecule has 0 saturated carbocycles. The van der Waals surface area contributed by atoms with Crippen molar-refractivity contribution >= 4 is 34.0 Å². The molecule has 0 aliphatic carbocycles. The molecule has 2 bridgehead atoms. The Bertz CT molecular complexity index is 2040. The Morgan fingerprint density at radius 3 is 2.63 bits per heavy atom. The Morgan fingerprint density at radius 2 is 1.90 bits per heavy atom. The van der Waals surface area contributed by atoms with E-state index >= 15 is 13.2 Å². The molecule has 4 aliphatic rings. The average Bonchev–Trinajstić information content (AvgIpc) is 3.74. The Morgan fingerprint density at radius 1 is 1.10 bits per heavy atom. The van der Waals surface area contributed by atoms with Crippen molar-refractivity contribution in [2.75, 3.05) is 44.8 Å². The van der Waals surface area contributed by atoms with E-state index in [1.807, 2.05) is 4.90 Å². The molecule has 0 unspecified atom stereocenters. The number of piperazine rings is 1. The minimum absolute atomic E-state index is 0.00759. The summed E-state index contributed by atoms with van der Waals surface area (Å²) in [4.78, 5) is 24.6. The molecule has 0 amide bonds. The highest BCUT2D eigenvalue weighted by molar-refractivity contribution is 6.06. The highest BCUT2D eigenvalue weighted by Gasteiger charge is 2.49. The maximum atomic E-state index is 17.2. The Kier molecular flexibility index (Phi) is 7.76. The molecule has 4 saturated heterocycles. The first kappa shape index (κ1) is 31.6. The monoisotopic (exact) mass is 675 g/mol. The zero-order valence-corrected chi connectivity index (χ0v) is 26.7. The van der Waals surface area contributed by atoms with Crippen LogP contribution < -0.4 is 24.4 Å². The molecule has 4 atom stereocenters. The molecule has 9 nitrogen and oxygen atoms in total. The molecule has 0 radical (unpaired) electrons. The maximum Gasteiger partial charge on any atom is 0.319 e. The molecule has 4 fully saturated rings. The topological polar surface area (TPSA) is 89.0 Å². The maximum absolute atomic E-state index is 17.2. The number of benzene rings is 3. The van der Waals surface area contributed by atoms with Gasteiger partial charge in [0.2, 0.25) is 0 Å². The number of fused-ring (bicyclic) bond motifs is 5. The van der Waals surface area contributed by atoms with Crippen LogP contribution >= 0.6 is 0 Å². The summed E-state index contributed by atoms with van der Waals surface area (Å²) in [5.74, 6) is -0.801. The van der Waals surface area contributed by atoms with Crippen LogP contribution in [0.25, 0.3) is 32.8 Å². The number of alkyl halides is 1. The molecule has 13 heteroatoms. The van der Waals surface area contributed by atoms with E-state index in [4.69, 9.17) is 25.6 Å². The largest absolute Gasteiger partial charge is 0.493 e. The van der Waals surface area contributed by atoms with Crippen LogP contribution in [0.3, 0.4) is 0 Å². The first-order chi connectivity index (χ1) is 23.7. The molecule has 8 rings (SSSR count). The molecular formula is C36H33F4N5O4. The van der Waals surface area contributed by atoms with Crippen LogP contribution in [0, 0.1) is 29.8 Å². The smallest absolute Gasteiger partial charge is 0.319 e. The molecular weight excluding hydrogens is 642 g/mol. The second-order valence-corrected chi connectivity index (χ2v) is 13.3. The second-order valence-electron chi connectivity index (χ2n) is 13.3. The van der Waals surface area contributed by atoms with E-state index in [-0.39, 0.29) is 81.3 Å². The number of rotatable bonds is 8. The Balaban J connectivity index is 1.36. The summed E-state index contributed by atoms with van der Waals surface area (Å²) in [7, 11) is 1.26. The zero-order chi connectivity index (χ0) is 34.0. The lowest BCUT2D eigenvalue weighted by molar-refractivity contribution is -0.120. The minimum Gasteiger partial charge on any atom is -0.493 e. The van der Waals surface area contributed by atoms with E-state index in [0.29, 0.717) is 26.1 Å². The van der Waals surface area contributed by atoms with Gasteiger partial charge in [-0.1, -0.05) is 12.0 Å². The van der Waals surface area contributed by atoms with Crippen LogP contribution in [-0.4, -0.2) is 85.0 Å². The van der Waals surface area contributed by atoms with Crippen molar-refractivity contribution in [3.05, 3.63) is 47.3 Å². The van der Waals surface area contributed by atoms with Crippen molar-refractivity contribution in [1.82, 2.24) is 20.2 Å². The van der Waals surface area contributed by atoms with E-state index < -0.39 is 34.7 Å². The summed E-state index contributed by atoms with van der Waals surface area (Å²) in [6.07, 6.45) is 8.57. The number of methoxy groups -OCH3 is 1. The highest BCUT2D eigenvalue weighted by Crippen LogP contribution is 2.47. The molecule has 1 N–H and O–H groups in total. The fourth-order valence-electron chi connectivity index (χ4n) is 8.45. The number of carbonyl (C=O) groups excluding carboxylic acids is 1. The molecule has 1 aromatic heterocycles. The number of aromatic nitrogens is 2. The van der Waals surface area contributed by atoms with Crippen LogP contribution in [-0.2, 0) is 4.79 Å². The van der Waals surface area contributed by atoms with Crippen molar-refractivity contribution in [2.45, 2.75) is 55.9 Å². The second kappa shape index (κ2) is 12.0. The normalized spacial score (nSPS) is 24.7. The number of nitrogens with one attached hydrogen (secondary N) is 1. The number of anilines is 1. The van der Waals surface area contributed by atoms with Gasteiger partial charge in [-0.3, -0.25) is 9.69 Å². The van der Waals surface area contributed by atoms with Gasteiger partial charge in [-0.15, -0.1) is 6.42 Å². The van der Waals surface area contributed by atoms with E-state index in [1.54, 1.807) is 0 Å². The van der Waals surface area contributed by atoms with Crippen molar-refractivity contribution < 1.29 is 36.6 Å². The Hall–Kier alpha value is -4.67. The number of nitrogens with zero attached hydrogens (tertiary/aromatic N) is 4. The van der Waals surface area contributed by atoms with E-state index in [0.717, 1.165) is 38.3 Å². The highest BCUT2D eigenvalue weighted by atomic mass is 19.1. The third-order valence-corrected chi connectivity index (χ3v) is 10.5. The van der Waals surface area contributed by atoms with Gasteiger partial charge in [0.25, 0.3) is 6.47 Å². The summed E-state index contributed by atoms with van der Waals surface area (Å²) in [5, 5.41) is 3.88. The standard InChI is InChI=1S/C36H33F4N5O4/c1-3-24-26(38)8-5-19-11-23(49-18-46)12-25(27(19)24)28-30(39)32-29(33(47-2)31(28)40)34(44-15-21-6-7-22(16-44)41-21)43-35(42-32)48-17-36-9-4-10-45(36)14-20(37)13-36/h1,5,8,11-12,18,20-22,41H,4,6-7,9-10,13-17H2,2H3/t20-,21-,22+,36+/m1/s1. The van der Waals surface area contributed by atoms with Gasteiger partial charge in [-0.25, -0.2) is 17.6 Å². The van der Waals surface area contributed by atoms with Crippen LogP contribution in [0.15, 0.2) is 24.3 Å². The third kappa shape index (κ3) is 5.11. The lowest BCUT2D eigenvalue weighted by atomic mass is 9.92. The summed E-state index contributed by atoms with van der Waals surface area (Å²) in [6, 6.07) is 5.31. The molecule has 4 aromatic rings. The van der Waals surface area contributed by atoms with E-state index in [9.17, 15) is 9.18 Å². The molecule has 0 spiro atoms. The fraction of sp³-hybridized carbons (Fsp3) is 0.417. The Labute approximate surface area is 279 Å². The third-order valence-electron chi connectivity index (χ3n) is 10.5. The van der Waals surface area contributed by atoms with Gasteiger partial charge in [-0.2, -0.15) is 9.97 Å². The van der Waals surface area contributed by atoms with Gasteiger partial charge in [0.15, 0.2) is 17.4 Å². The van der Waals surface area contributed by atoms with Crippen molar-refractivity contribution in [2.24, 2.45) is 0 Å². The van der Waals surface area contributed by atoms with Crippen LogP contribution in [0.2, 0.25) is 0 Å². The van der Waals surface area contributed by atoms with Gasteiger partial charge in [0.05, 0.1) is 29.2 Å². The first-order valence-electron chi connectivity index (χ1n) is 16.4. The zero-order valence-electron chi connectivity index (χ0n) is 26.7. The number of carbonyl (C=O) groups is 1. The van der Waals surface area contributed by atoms with Gasteiger partial charge in [0.1, 0.15) is 35.7 Å². The predicted octanol–water partition coefficient (Wildman–Crippen LogP) is 5.29. The molecule has 254 valence electrons. The van der Waals surface area contributed by atoms with E-state index in [2.05, 4.69) is 21.1 Å². The number of halogens is 4. The predicted molar refractivity (Wildman–Crippen MR) is 174 cm³/mol. The number of terminal acetylenes is 1. The lowest BCUT2D eigenvalue weighted by Crippen LogP contribution is -2.51. The van der Waals surface area contributed by atoms with Crippen LogP contribution in [0.1, 0.15) is 37.7 Å². The fourth-order valence-corrected chi connectivity index (χ4v) is 8.45. The van der Waals surface area contributed by atoms with E-state index in [1.165, 1.54) is 25.3 Å². The number of hydrogen-bond acceptors (Lipinski definition) is 9. The summed E-state index contributed by atoms with van der Waals surface area (Å²) < 4.78 is 80.7. The van der Waals surface area contributed by atoms with Crippen molar-refractivity contribution in [3.8, 4) is 41.0 Å². The quantitative estimate of drug-likeness (QED) is 0.152. The van der Waals surface area contributed by atoms with Crippen LogP contribution in [0.5, 0.6) is 17.5 Å². The molecule has 5 heterocycles. The average molecular weight is 676 g/mol. The number of ether oxygens (including phenoxy) is 3. The van der Waals surface area contributed by atoms with Gasteiger partial charge in [-0.05, 0) is 55.8 Å².